The van der Waals surface area contributed by atoms with Crippen molar-refractivity contribution >= 4 is 23.1 Å². The molecular formula is C27H26N4O2S. The highest BCUT2D eigenvalue weighted by molar-refractivity contribution is 7.71. The molecule has 2 aromatic heterocycles. The third-order valence-electron chi connectivity index (χ3n) is 6.17. The lowest BCUT2D eigenvalue weighted by atomic mass is 9.95. The molecule has 0 amide bonds. The zero-order chi connectivity index (χ0) is 23.8. The van der Waals surface area contributed by atoms with E-state index in [2.05, 4.69) is 59.1 Å². The number of aromatic nitrogens is 4. The molecule has 0 radical (unpaired) electrons. The number of fused-ring (bicyclic) bond motifs is 1. The number of rotatable bonds is 6. The van der Waals surface area contributed by atoms with Crippen LogP contribution in [0.5, 0.6) is 11.5 Å². The molecule has 0 bridgehead atoms. The topological polar surface area (TPSA) is 79.0 Å². The second-order valence-corrected chi connectivity index (χ2v) is 8.73. The molecule has 0 aliphatic rings. The van der Waals surface area contributed by atoms with Crippen LogP contribution in [0.15, 0.2) is 66.9 Å². The van der Waals surface area contributed by atoms with Crippen LogP contribution in [0.2, 0.25) is 0 Å². The van der Waals surface area contributed by atoms with E-state index in [4.69, 9.17) is 12.2 Å². The molecule has 172 valence electrons. The van der Waals surface area contributed by atoms with E-state index in [0.29, 0.717) is 16.2 Å². The average Bonchev–Trinajstić information content (AvgIpc) is 3.42. The molecule has 0 saturated carbocycles. The molecule has 0 saturated heterocycles. The number of benzene rings is 3. The lowest BCUT2D eigenvalue weighted by molar-refractivity contribution is 0.452. The Hall–Kier alpha value is -3.84. The van der Waals surface area contributed by atoms with Crippen molar-refractivity contribution in [2.75, 3.05) is 0 Å². The van der Waals surface area contributed by atoms with Crippen molar-refractivity contribution in [1.29, 1.82) is 0 Å². The molecule has 0 unspecified atom stereocenters. The Morgan fingerprint density at radius 3 is 2.53 bits per heavy atom. The molecule has 3 aromatic carbocycles. The van der Waals surface area contributed by atoms with E-state index in [1.54, 1.807) is 12.1 Å². The fourth-order valence-corrected chi connectivity index (χ4v) is 4.75. The SMILES string of the molecule is CCCn1ccc2c(-n3c(-c4cc(CC)ccc4-c4ccc(O)cc4O)n[nH]c3=S)cccc21. The molecule has 0 aliphatic heterocycles. The van der Waals surface area contributed by atoms with Gasteiger partial charge in [-0.3, -0.25) is 9.67 Å². The summed E-state index contributed by atoms with van der Waals surface area (Å²) >= 11 is 5.70. The van der Waals surface area contributed by atoms with E-state index in [1.807, 2.05) is 22.8 Å². The number of aryl methyl sites for hydroxylation is 2. The lowest BCUT2D eigenvalue weighted by Gasteiger charge is -2.15. The maximum Gasteiger partial charge on any atom is 0.200 e. The van der Waals surface area contributed by atoms with Gasteiger partial charge in [0.2, 0.25) is 0 Å². The number of phenols is 2. The van der Waals surface area contributed by atoms with E-state index in [-0.39, 0.29) is 11.5 Å². The second kappa shape index (κ2) is 8.83. The first-order chi connectivity index (χ1) is 16.5. The summed E-state index contributed by atoms with van der Waals surface area (Å²) in [7, 11) is 0. The highest BCUT2D eigenvalue weighted by atomic mass is 32.1. The van der Waals surface area contributed by atoms with Crippen LogP contribution in [0.25, 0.3) is 39.1 Å². The number of H-pyrrole nitrogens is 1. The molecule has 0 aliphatic carbocycles. The van der Waals surface area contributed by atoms with E-state index in [9.17, 15) is 10.2 Å². The second-order valence-electron chi connectivity index (χ2n) is 8.34. The summed E-state index contributed by atoms with van der Waals surface area (Å²) in [6.07, 6.45) is 4.02. The van der Waals surface area contributed by atoms with Crippen molar-refractivity contribution in [1.82, 2.24) is 19.3 Å². The van der Waals surface area contributed by atoms with Gasteiger partial charge in [0, 0.05) is 35.3 Å². The Balaban J connectivity index is 1.77. The predicted molar refractivity (Wildman–Crippen MR) is 138 cm³/mol. The van der Waals surface area contributed by atoms with Gasteiger partial charge in [0.1, 0.15) is 11.5 Å². The quantitative estimate of drug-likeness (QED) is 0.244. The van der Waals surface area contributed by atoms with Crippen molar-refractivity contribution in [3.8, 4) is 39.7 Å². The Kier molecular flexibility index (Phi) is 5.71. The molecule has 0 fully saturated rings. The number of nitrogens with zero attached hydrogens (tertiary/aromatic N) is 3. The van der Waals surface area contributed by atoms with Crippen LogP contribution in [-0.4, -0.2) is 29.5 Å². The Labute approximate surface area is 202 Å². The van der Waals surface area contributed by atoms with Crippen molar-refractivity contribution in [2.24, 2.45) is 0 Å². The van der Waals surface area contributed by atoms with Crippen LogP contribution >= 0.6 is 12.2 Å². The van der Waals surface area contributed by atoms with Crippen LogP contribution in [0.1, 0.15) is 25.8 Å². The van der Waals surface area contributed by atoms with E-state index in [1.165, 1.54) is 6.07 Å². The van der Waals surface area contributed by atoms with E-state index >= 15 is 0 Å². The largest absolute Gasteiger partial charge is 0.508 e. The normalized spacial score (nSPS) is 11.4. The van der Waals surface area contributed by atoms with Crippen molar-refractivity contribution in [2.45, 2.75) is 33.2 Å². The fraction of sp³-hybridized carbons (Fsp3) is 0.185. The third kappa shape index (κ3) is 3.68. The minimum Gasteiger partial charge on any atom is -0.508 e. The summed E-state index contributed by atoms with van der Waals surface area (Å²) in [5.74, 6) is 0.683. The fourth-order valence-electron chi connectivity index (χ4n) is 4.52. The number of hydrogen-bond donors (Lipinski definition) is 3. The van der Waals surface area contributed by atoms with Gasteiger partial charge in [-0.1, -0.05) is 32.0 Å². The van der Waals surface area contributed by atoms with Gasteiger partial charge in [-0.2, -0.15) is 5.10 Å². The zero-order valence-electron chi connectivity index (χ0n) is 19.1. The van der Waals surface area contributed by atoms with Crippen LogP contribution < -0.4 is 0 Å². The molecular weight excluding hydrogens is 444 g/mol. The first-order valence-electron chi connectivity index (χ1n) is 11.4. The minimum absolute atomic E-state index is 0.00456. The van der Waals surface area contributed by atoms with Gasteiger partial charge in [-0.15, -0.1) is 0 Å². The summed E-state index contributed by atoms with van der Waals surface area (Å²) in [5, 5.41) is 29.1. The zero-order valence-corrected chi connectivity index (χ0v) is 19.9. The molecule has 3 N–H and O–H groups in total. The van der Waals surface area contributed by atoms with Crippen molar-refractivity contribution in [3.63, 3.8) is 0 Å². The highest BCUT2D eigenvalue weighted by Crippen LogP contribution is 2.39. The third-order valence-corrected chi connectivity index (χ3v) is 6.45. The highest BCUT2D eigenvalue weighted by Gasteiger charge is 2.20. The first kappa shape index (κ1) is 22.0. The van der Waals surface area contributed by atoms with Gasteiger partial charge < -0.3 is 14.8 Å². The number of aromatic amines is 1. The molecule has 2 heterocycles. The maximum absolute atomic E-state index is 10.6. The molecule has 0 spiro atoms. The van der Waals surface area contributed by atoms with Crippen LogP contribution in [0, 0.1) is 4.77 Å². The van der Waals surface area contributed by atoms with Crippen LogP contribution in [0.3, 0.4) is 0 Å². The van der Waals surface area contributed by atoms with Gasteiger partial charge in [-0.25, -0.2) is 0 Å². The van der Waals surface area contributed by atoms with E-state index < -0.39 is 0 Å². The molecule has 5 rings (SSSR count). The summed E-state index contributed by atoms with van der Waals surface area (Å²) in [5.41, 5.74) is 5.50. The summed E-state index contributed by atoms with van der Waals surface area (Å²) in [6.45, 7) is 5.21. The average molecular weight is 471 g/mol. The maximum atomic E-state index is 10.6. The molecule has 7 heteroatoms. The van der Waals surface area contributed by atoms with Crippen LogP contribution in [-0.2, 0) is 13.0 Å². The van der Waals surface area contributed by atoms with E-state index in [0.717, 1.165) is 52.7 Å². The Morgan fingerprint density at radius 1 is 0.941 bits per heavy atom. The predicted octanol–water partition coefficient (Wildman–Crippen LogP) is 6.60. The Morgan fingerprint density at radius 2 is 1.76 bits per heavy atom. The van der Waals surface area contributed by atoms with Gasteiger partial charge in [0.05, 0.1) is 11.2 Å². The number of phenolic OH excluding ortho intramolecular Hbond substituents is 2. The number of hydrogen-bond acceptors (Lipinski definition) is 4. The summed E-state index contributed by atoms with van der Waals surface area (Å²) in [6, 6.07) is 19.1. The van der Waals surface area contributed by atoms with Gasteiger partial charge in [0.15, 0.2) is 10.6 Å². The van der Waals surface area contributed by atoms with Gasteiger partial charge in [0.25, 0.3) is 0 Å². The molecule has 0 atom stereocenters. The Bertz CT molecular complexity index is 1560. The molecule has 5 aromatic rings. The van der Waals surface area contributed by atoms with Crippen molar-refractivity contribution in [3.05, 3.63) is 77.2 Å². The molecule has 34 heavy (non-hydrogen) atoms. The molecule has 6 nitrogen and oxygen atoms in total. The first-order valence-corrected chi connectivity index (χ1v) is 11.8. The van der Waals surface area contributed by atoms with Crippen LogP contribution in [0.4, 0.5) is 0 Å². The minimum atomic E-state index is 0.00456. The summed E-state index contributed by atoms with van der Waals surface area (Å²) < 4.78 is 4.71. The monoisotopic (exact) mass is 470 g/mol. The van der Waals surface area contributed by atoms with Crippen molar-refractivity contribution < 1.29 is 10.2 Å². The lowest BCUT2D eigenvalue weighted by Crippen LogP contribution is -2.01. The standard InChI is InChI=1S/C27H26N4O2S/c1-3-13-30-14-12-21-23(30)6-5-7-24(21)31-26(28-29-27(31)34)22-15-17(4-2)8-10-19(22)20-11-9-18(32)16-25(20)33/h5-12,14-16,32-33H,3-4,13H2,1-2H3,(H,29,34). The van der Waals surface area contributed by atoms with Gasteiger partial charge in [-0.05, 0) is 72.6 Å². The smallest absolute Gasteiger partial charge is 0.200 e. The number of aromatic hydroxyl groups is 2. The van der Waals surface area contributed by atoms with Gasteiger partial charge >= 0.3 is 0 Å². The summed E-state index contributed by atoms with van der Waals surface area (Å²) in [4.78, 5) is 0. The number of nitrogens with one attached hydrogen (secondary N) is 1.